The van der Waals surface area contributed by atoms with Gasteiger partial charge < -0.3 is 21.5 Å². The van der Waals surface area contributed by atoms with Crippen molar-refractivity contribution in [3.8, 4) is 0 Å². The Hall–Kier alpha value is -2.74. The third-order valence-corrected chi connectivity index (χ3v) is 3.74. The molecule has 0 aliphatic carbocycles. The quantitative estimate of drug-likeness (QED) is 0.435. The Morgan fingerprint density at radius 2 is 1.73 bits per heavy atom. The molecule has 8 heteroatoms. The lowest BCUT2D eigenvalue weighted by atomic mass is 9.85. The highest BCUT2D eigenvalue weighted by atomic mass is 16.5. The average Bonchev–Trinajstić information content (AvgIpc) is 2.58. The molecule has 0 unspecified atom stereocenters. The van der Waals surface area contributed by atoms with Crippen LogP contribution < -0.4 is 16.8 Å². The van der Waals surface area contributed by atoms with E-state index in [4.69, 9.17) is 16.2 Å². The van der Waals surface area contributed by atoms with E-state index in [-0.39, 0.29) is 18.9 Å². The number of primary amides is 1. The van der Waals surface area contributed by atoms with Gasteiger partial charge in [-0.2, -0.15) is 0 Å². The first-order valence-electron chi connectivity index (χ1n) is 8.20. The predicted octanol–water partition coefficient (Wildman–Crippen LogP) is 0.668. The highest BCUT2D eigenvalue weighted by Crippen LogP contribution is 2.14. The number of hydrogen-bond donors (Lipinski definition) is 3. The number of Topliss-reactive ketones (excluding diaryl/α,β-unsaturated/α-hetero) is 2. The number of benzene rings is 1. The zero-order valence-electron chi connectivity index (χ0n) is 15.2. The van der Waals surface area contributed by atoms with E-state index in [1.54, 1.807) is 24.3 Å². The van der Waals surface area contributed by atoms with E-state index in [9.17, 15) is 19.2 Å². The second kappa shape index (κ2) is 9.10. The molecule has 0 fully saturated rings. The Bertz CT molecular complexity index is 671. The van der Waals surface area contributed by atoms with E-state index >= 15 is 0 Å². The molecular formula is C18H25N3O5. The number of carbonyl (C=O) groups excluding carboxylic acids is 4. The van der Waals surface area contributed by atoms with Gasteiger partial charge in [0, 0.05) is 0 Å². The van der Waals surface area contributed by atoms with Crippen LogP contribution in [0.15, 0.2) is 30.3 Å². The van der Waals surface area contributed by atoms with Gasteiger partial charge in [-0.3, -0.25) is 14.4 Å². The Kier molecular flexibility index (Phi) is 7.45. The Morgan fingerprint density at radius 1 is 1.15 bits per heavy atom. The molecule has 0 aliphatic heterocycles. The van der Waals surface area contributed by atoms with Crippen LogP contribution >= 0.6 is 0 Å². The summed E-state index contributed by atoms with van der Waals surface area (Å²) in [6, 6.07) is 7.92. The molecule has 1 rings (SSSR count). The van der Waals surface area contributed by atoms with Crippen LogP contribution in [0.3, 0.4) is 0 Å². The zero-order chi connectivity index (χ0) is 19.9. The van der Waals surface area contributed by atoms with Crippen LogP contribution in [0.5, 0.6) is 0 Å². The van der Waals surface area contributed by atoms with Gasteiger partial charge in [0.15, 0.2) is 5.78 Å². The van der Waals surface area contributed by atoms with Crippen molar-refractivity contribution in [3.05, 3.63) is 35.9 Å². The van der Waals surface area contributed by atoms with Gasteiger partial charge in [-0.05, 0) is 24.8 Å². The molecule has 26 heavy (non-hydrogen) atoms. The minimum absolute atomic E-state index is 0.0119. The number of amides is 2. The topological polar surface area (TPSA) is 142 Å². The van der Waals surface area contributed by atoms with E-state index < -0.39 is 35.1 Å². The number of nitrogens with one attached hydrogen (secondary N) is 1. The van der Waals surface area contributed by atoms with Crippen LogP contribution in [-0.4, -0.2) is 35.1 Å². The van der Waals surface area contributed by atoms with Crippen molar-refractivity contribution in [2.24, 2.45) is 17.4 Å². The molecule has 8 nitrogen and oxygen atoms in total. The van der Waals surface area contributed by atoms with Crippen LogP contribution in [0.2, 0.25) is 0 Å². The molecule has 0 aliphatic rings. The second-order valence-corrected chi connectivity index (χ2v) is 6.65. The van der Waals surface area contributed by atoms with Crippen molar-refractivity contribution < 1.29 is 23.9 Å². The summed E-state index contributed by atoms with van der Waals surface area (Å²) >= 11 is 0. The van der Waals surface area contributed by atoms with Gasteiger partial charge in [-0.25, -0.2) is 4.79 Å². The number of alkyl carbamates (subject to hydrolysis) is 1. The first-order chi connectivity index (χ1) is 12.1. The maximum Gasteiger partial charge on any atom is 0.408 e. The van der Waals surface area contributed by atoms with Crippen molar-refractivity contribution in [2.75, 3.05) is 0 Å². The Balaban J connectivity index is 2.82. The Labute approximate surface area is 152 Å². The SMILES string of the molecule is CC(C)C[C@H](NC(=O)OCc1ccccc1)C(=O)[C@@](C)(N)C(=O)C(N)=O. The standard InChI is InChI=1S/C18H25N3O5/c1-11(2)9-13(14(22)18(3,20)15(23)16(19)24)21-17(25)26-10-12-7-5-4-6-8-12/h4-8,11,13H,9-10,20H2,1-3H3,(H2,19,24)(H,21,25)/t13-,18+/m0/s1. The fraction of sp³-hybridized carbons (Fsp3) is 0.444. The molecule has 1 aromatic carbocycles. The van der Waals surface area contributed by atoms with Gasteiger partial charge in [0.05, 0.1) is 6.04 Å². The number of ether oxygens (including phenoxy) is 1. The second-order valence-electron chi connectivity index (χ2n) is 6.65. The maximum absolute atomic E-state index is 12.6. The number of nitrogens with two attached hydrogens (primary N) is 2. The van der Waals surface area contributed by atoms with Gasteiger partial charge >= 0.3 is 6.09 Å². The van der Waals surface area contributed by atoms with Crippen molar-refractivity contribution in [1.29, 1.82) is 0 Å². The highest BCUT2D eigenvalue weighted by Gasteiger charge is 2.43. The summed E-state index contributed by atoms with van der Waals surface area (Å²) < 4.78 is 5.09. The molecule has 0 saturated carbocycles. The van der Waals surface area contributed by atoms with Gasteiger partial charge in [0.25, 0.3) is 5.91 Å². The van der Waals surface area contributed by atoms with E-state index in [2.05, 4.69) is 5.32 Å². The van der Waals surface area contributed by atoms with E-state index in [1.165, 1.54) is 0 Å². The predicted molar refractivity (Wildman–Crippen MR) is 94.8 cm³/mol. The third-order valence-electron chi connectivity index (χ3n) is 3.74. The molecule has 0 spiro atoms. The molecule has 2 amide bonds. The molecule has 0 radical (unpaired) electrons. The van der Waals surface area contributed by atoms with E-state index in [1.807, 2.05) is 19.9 Å². The molecular weight excluding hydrogens is 338 g/mol. The van der Waals surface area contributed by atoms with E-state index in [0.29, 0.717) is 0 Å². The average molecular weight is 363 g/mol. The minimum Gasteiger partial charge on any atom is -0.445 e. The van der Waals surface area contributed by atoms with Crippen molar-refractivity contribution >= 4 is 23.6 Å². The normalized spacial score (nSPS) is 14.2. The minimum atomic E-state index is -2.13. The smallest absolute Gasteiger partial charge is 0.408 e. The summed E-state index contributed by atoms with van der Waals surface area (Å²) in [5, 5.41) is 2.42. The molecule has 0 heterocycles. The zero-order valence-corrected chi connectivity index (χ0v) is 15.2. The molecule has 142 valence electrons. The van der Waals surface area contributed by atoms with Crippen LogP contribution in [0.4, 0.5) is 4.79 Å². The summed E-state index contributed by atoms with van der Waals surface area (Å²) in [4.78, 5) is 47.6. The van der Waals surface area contributed by atoms with Gasteiger partial charge in [0.1, 0.15) is 12.1 Å². The number of hydrogen-bond acceptors (Lipinski definition) is 6. The lowest BCUT2D eigenvalue weighted by Crippen LogP contribution is -2.62. The van der Waals surface area contributed by atoms with Crippen LogP contribution in [0.25, 0.3) is 0 Å². The summed E-state index contributed by atoms with van der Waals surface area (Å²) in [7, 11) is 0. The summed E-state index contributed by atoms with van der Waals surface area (Å²) in [6.45, 7) is 4.80. The summed E-state index contributed by atoms with van der Waals surface area (Å²) in [5.41, 5.74) is 9.32. The van der Waals surface area contributed by atoms with Gasteiger partial charge in [-0.1, -0.05) is 44.2 Å². The van der Waals surface area contributed by atoms with E-state index in [0.717, 1.165) is 12.5 Å². The first kappa shape index (κ1) is 21.3. The third kappa shape index (κ3) is 5.96. The maximum atomic E-state index is 12.6. The number of rotatable bonds is 9. The number of ketones is 2. The molecule has 5 N–H and O–H groups in total. The van der Waals surface area contributed by atoms with Gasteiger partial charge in [0.2, 0.25) is 5.78 Å². The fourth-order valence-corrected chi connectivity index (χ4v) is 2.34. The lowest BCUT2D eigenvalue weighted by Gasteiger charge is -2.27. The molecule has 1 aromatic rings. The summed E-state index contributed by atoms with van der Waals surface area (Å²) in [6.07, 6.45) is -0.604. The molecule has 2 atom stereocenters. The van der Waals surface area contributed by atoms with Crippen LogP contribution in [-0.2, 0) is 25.7 Å². The fourth-order valence-electron chi connectivity index (χ4n) is 2.34. The molecule has 0 bridgehead atoms. The van der Waals surface area contributed by atoms with Crippen LogP contribution in [0, 0.1) is 5.92 Å². The van der Waals surface area contributed by atoms with Crippen LogP contribution in [0.1, 0.15) is 32.8 Å². The first-order valence-corrected chi connectivity index (χ1v) is 8.20. The lowest BCUT2D eigenvalue weighted by molar-refractivity contribution is -0.143. The Morgan fingerprint density at radius 3 is 2.23 bits per heavy atom. The van der Waals surface area contributed by atoms with Crippen molar-refractivity contribution in [2.45, 2.75) is 45.4 Å². The molecule has 0 saturated heterocycles. The monoisotopic (exact) mass is 363 g/mol. The molecule has 0 aromatic heterocycles. The van der Waals surface area contributed by atoms with Crippen molar-refractivity contribution in [1.82, 2.24) is 5.32 Å². The summed E-state index contributed by atoms with van der Waals surface area (Å²) in [5.74, 6) is -3.31. The largest absolute Gasteiger partial charge is 0.445 e. The number of carbonyl (C=O) groups is 4. The van der Waals surface area contributed by atoms with Gasteiger partial charge in [-0.15, -0.1) is 0 Å². The highest BCUT2D eigenvalue weighted by molar-refractivity contribution is 6.44. The van der Waals surface area contributed by atoms with Crippen molar-refractivity contribution in [3.63, 3.8) is 0 Å².